The number of nitrogens with zero attached hydrogens (tertiary/aromatic N) is 1. The first-order chi connectivity index (χ1) is 11.2. The lowest BCUT2D eigenvalue weighted by Gasteiger charge is -2.38. The lowest BCUT2D eigenvalue weighted by Crippen LogP contribution is -2.48. The van der Waals surface area contributed by atoms with Crippen LogP contribution in [0.1, 0.15) is 18.4 Å². The van der Waals surface area contributed by atoms with Crippen molar-refractivity contribution in [3.8, 4) is 0 Å². The minimum atomic E-state index is -0.00623. The Hall–Kier alpha value is -0.910. The van der Waals surface area contributed by atoms with Crippen LogP contribution in [0.5, 0.6) is 0 Å². The standard InChI is InChI=1S/C17H26ClN3OS/c1-19-16(20-9-12-23-2)21-13-17(7-10-22-11-8-17)14-5-3-4-6-15(14)18/h3-6H,7-13H2,1-2H3,(H2,19,20,21). The third-order valence-electron chi connectivity index (χ3n) is 4.31. The van der Waals surface area contributed by atoms with E-state index < -0.39 is 0 Å². The first kappa shape index (κ1) is 18.4. The first-order valence-electron chi connectivity index (χ1n) is 7.98. The van der Waals surface area contributed by atoms with Crippen LogP contribution in [0.25, 0.3) is 0 Å². The van der Waals surface area contributed by atoms with Crippen LogP contribution < -0.4 is 10.6 Å². The van der Waals surface area contributed by atoms with Crippen LogP contribution >= 0.6 is 23.4 Å². The summed E-state index contributed by atoms with van der Waals surface area (Å²) >= 11 is 8.30. The zero-order chi connectivity index (χ0) is 16.5. The van der Waals surface area contributed by atoms with Gasteiger partial charge in [-0.25, -0.2) is 0 Å². The van der Waals surface area contributed by atoms with Gasteiger partial charge in [-0.15, -0.1) is 0 Å². The average molecular weight is 356 g/mol. The van der Waals surface area contributed by atoms with Gasteiger partial charge in [0.25, 0.3) is 0 Å². The summed E-state index contributed by atoms with van der Waals surface area (Å²) in [5, 5.41) is 7.66. The van der Waals surface area contributed by atoms with Crippen molar-refractivity contribution in [2.45, 2.75) is 18.3 Å². The largest absolute Gasteiger partial charge is 0.381 e. The molecule has 0 bridgehead atoms. The number of aliphatic imine (C=N–C) groups is 1. The summed E-state index contributed by atoms with van der Waals surface area (Å²) in [4.78, 5) is 4.31. The summed E-state index contributed by atoms with van der Waals surface area (Å²) < 4.78 is 5.58. The maximum Gasteiger partial charge on any atom is 0.191 e. The summed E-state index contributed by atoms with van der Waals surface area (Å²) in [6.07, 6.45) is 4.03. The first-order valence-corrected chi connectivity index (χ1v) is 9.75. The van der Waals surface area contributed by atoms with E-state index in [9.17, 15) is 0 Å². The van der Waals surface area contributed by atoms with Crippen LogP contribution in [-0.4, -0.2) is 51.3 Å². The maximum atomic E-state index is 6.48. The van der Waals surface area contributed by atoms with E-state index in [1.54, 1.807) is 7.05 Å². The van der Waals surface area contributed by atoms with Gasteiger partial charge in [0, 0.05) is 49.5 Å². The van der Waals surface area contributed by atoms with E-state index in [-0.39, 0.29) is 5.41 Å². The molecule has 6 heteroatoms. The molecule has 0 atom stereocenters. The lowest BCUT2D eigenvalue weighted by atomic mass is 9.74. The SMILES string of the molecule is CN=C(NCCSC)NCC1(c2ccccc2Cl)CCOCC1. The molecule has 0 aromatic heterocycles. The predicted octanol–water partition coefficient (Wildman–Crippen LogP) is 2.92. The average Bonchev–Trinajstić information content (AvgIpc) is 2.59. The topological polar surface area (TPSA) is 45.7 Å². The Bertz CT molecular complexity index is 518. The monoisotopic (exact) mass is 355 g/mol. The number of halogens is 1. The molecule has 0 saturated carbocycles. The summed E-state index contributed by atoms with van der Waals surface area (Å²) in [5.41, 5.74) is 1.20. The fourth-order valence-electron chi connectivity index (χ4n) is 2.94. The van der Waals surface area contributed by atoms with E-state index in [1.807, 2.05) is 23.9 Å². The third-order valence-corrected chi connectivity index (χ3v) is 5.25. The number of rotatable bonds is 6. The Labute approximate surface area is 148 Å². The van der Waals surface area contributed by atoms with Gasteiger partial charge in [0.15, 0.2) is 5.96 Å². The molecule has 0 spiro atoms. The van der Waals surface area contributed by atoms with Crippen LogP contribution in [0.15, 0.2) is 29.3 Å². The summed E-state index contributed by atoms with van der Waals surface area (Å²) in [5.74, 6) is 1.90. The van der Waals surface area contributed by atoms with Crippen molar-refractivity contribution in [2.24, 2.45) is 4.99 Å². The molecule has 1 aromatic rings. The van der Waals surface area contributed by atoms with E-state index in [0.29, 0.717) is 0 Å². The molecule has 128 valence electrons. The van der Waals surface area contributed by atoms with Gasteiger partial charge in [-0.1, -0.05) is 29.8 Å². The number of benzene rings is 1. The number of guanidine groups is 1. The molecule has 1 aliphatic heterocycles. The lowest BCUT2D eigenvalue weighted by molar-refractivity contribution is 0.0514. The third kappa shape index (κ3) is 5.03. The number of hydrogen-bond donors (Lipinski definition) is 2. The molecule has 2 rings (SSSR count). The fraction of sp³-hybridized carbons (Fsp3) is 0.588. The van der Waals surface area contributed by atoms with Crippen molar-refractivity contribution < 1.29 is 4.74 Å². The zero-order valence-electron chi connectivity index (χ0n) is 13.9. The Balaban J connectivity index is 2.09. The Morgan fingerprint density at radius 1 is 1.30 bits per heavy atom. The molecule has 0 unspecified atom stereocenters. The molecular formula is C17H26ClN3OS. The van der Waals surface area contributed by atoms with Crippen molar-refractivity contribution in [3.05, 3.63) is 34.9 Å². The highest BCUT2D eigenvalue weighted by atomic mass is 35.5. The molecule has 1 saturated heterocycles. The quantitative estimate of drug-likeness (QED) is 0.468. The number of ether oxygens (including phenoxy) is 1. The zero-order valence-corrected chi connectivity index (χ0v) is 15.5. The van der Waals surface area contributed by atoms with Crippen molar-refractivity contribution in [2.75, 3.05) is 45.4 Å². The Morgan fingerprint density at radius 2 is 2.04 bits per heavy atom. The highest BCUT2D eigenvalue weighted by Gasteiger charge is 2.36. The van der Waals surface area contributed by atoms with Crippen LogP contribution in [0.4, 0.5) is 0 Å². The maximum absolute atomic E-state index is 6.48. The van der Waals surface area contributed by atoms with Crippen LogP contribution in [0, 0.1) is 0 Å². The van der Waals surface area contributed by atoms with Gasteiger partial charge in [0.1, 0.15) is 0 Å². The van der Waals surface area contributed by atoms with Crippen LogP contribution in [0.3, 0.4) is 0 Å². The molecule has 1 heterocycles. The Morgan fingerprint density at radius 3 is 2.70 bits per heavy atom. The van der Waals surface area contributed by atoms with Gasteiger partial charge in [-0.05, 0) is 30.7 Å². The molecule has 0 amide bonds. The van der Waals surface area contributed by atoms with E-state index >= 15 is 0 Å². The molecule has 4 nitrogen and oxygen atoms in total. The predicted molar refractivity (Wildman–Crippen MR) is 101 cm³/mol. The molecule has 0 aliphatic carbocycles. The van der Waals surface area contributed by atoms with Crippen molar-refractivity contribution >= 4 is 29.3 Å². The Kier molecular flexibility index (Phi) is 7.53. The van der Waals surface area contributed by atoms with Crippen LogP contribution in [0.2, 0.25) is 5.02 Å². The van der Waals surface area contributed by atoms with Crippen molar-refractivity contribution in [3.63, 3.8) is 0 Å². The number of nitrogens with one attached hydrogen (secondary N) is 2. The molecule has 2 N–H and O–H groups in total. The highest BCUT2D eigenvalue weighted by molar-refractivity contribution is 7.98. The van der Waals surface area contributed by atoms with E-state index in [1.165, 1.54) is 5.56 Å². The molecular weight excluding hydrogens is 330 g/mol. The molecule has 1 fully saturated rings. The normalized spacial score (nSPS) is 17.8. The van der Waals surface area contributed by atoms with Gasteiger partial charge in [0.05, 0.1) is 0 Å². The second kappa shape index (κ2) is 9.40. The van der Waals surface area contributed by atoms with Gasteiger partial charge < -0.3 is 15.4 Å². The second-order valence-electron chi connectivity index (χ2n) is 5.72. The minimum Gasteiger partial charge on any atom is -0.381 e. The molecule has 0 radical (unpaired) electrons. The fourth-order valence-corrected chi connectivity index (χ4v) is 3.58. The van der Waals surface area contributed by atoms with Crippen LogP contribution in [-0.2, 0) is 10.2 Å². The van der Waals surface area contributed by atoms with E-state index in [2.05, 4.69) is 34.0 Å². The van der Waals surface area contributed by atoms with Gasteiger partial charge in [-0.2, -0.15) is 11.8 Å². The van der Waals surface area contributed by atoms with Gasteiger partial charge in [0.2, 0.25) is 0 Å². The second-order valence-corrected chi connectivity index (χ2v) is 7.11. The summed E-state index contributed by atoms with van der Waals surface area (Å²) in [7, 11) is 1.81. The molecule has 1 aromatic carbocycles. The van der Waals surface area contributed by atoms with Crippen molar-refractivity contribution in [1.82, 2.24) is 10.6 Å². The summed E-state index contributed by atoms with van der Waals surface area (Å²) in [6.45, 7) is 3.25. The van der Waals surface area contributed by atoms with E-state index in [0.717, 1.165) is 55.9 Å². The smallest absolute Gasteiger partial charge is 0.191 e. The number of hydrogen-bond acceptors (Lipinski definition) is 3. The molecule has 23 heavy (non-hydrogen) atoms. The van der Waals surface area contributed by atoms with Gasteiger partial charge in [-0.3, -0.25) is 4.99 Å². The minimum absolute atomic E-state index is 0.00623. The summed E-state index contributed by atoms with van der Waals surface area (Å²) in [6, 6.07) is 8.15. The molecule has 1 aliphatic rings. The highest BCUT2D eigenvalue weighted by Crippen LogP contribution is 2.38. The van der Waals surface area contributed by atoms with Crippen molar-refractivity contribution in [1.29, 1.82) is 0 Å². The van der Waals surface area contributed by atoms with E-state index in [4.69, 9.17) is 16.3 Å². The van der Waals surface area contributed by atoms with Gasteiger partial charge >= 0.3 is 0 Å². The number of thioether (sulfide) groups is 1.